The number of nitrogens with zero attached hydrogens (tertiary/aromatic N) is 1. The summed E-state index contributed by atoms with van der Waals surface area (Å²) >= 11 is 0. The second-order valence-corrected chi connectivity index (χ2v) is 8.27. The van der Waals surface area contributed by atoms with Gasteiger partial charge in [0.15, 0.2) is 0 Å². The molecule has 2 N–H and O–H groups in total. The normalized spacial score (nSPS) is 21.7. The second-order valence-electron chi connectivity index (χ2n) is 6.38. The molecule has 2 fully saturated rings. The lowest BCUT2D eigenvalue weighted by atomic mass is 10.1. The van der Waals surface area contributed by atoms with Crippen LogP contribution in [0.15, 0.2) is 23.1 Å². The first-order valence-electron chi connectivity index (χ1n) is 7.89. The van der Waals surface area contributed by atoms with Crippen LogP contribution < -0.4 is 5.73 Å². The Kier molecular flexibility index (Phi) is 4.44. The maximum atomic E-state index is 13.0. The third kappa shape index (κ3) is 3.41. The van der Waals surface area contributed by atoms with Crippen molar-refractivity contribution in [3.8, 4) is 0 Å². The van der Waals surface area contributed by atoms with Crippen LogP contribution in [0, 0.1) is 12.8 Å². The fourth-order valence-corrected chi connectivity index (χ4v) is 4.74. The molecule has 1 atom stereocenters. The zero-order chi connectivity index (χ0) is 16.6. The SMILES string of the molecule is Cc1ccc(S(=O)(=O)N(C[C@H]2CCOC2)C2CC2)cc1C(N)=O. The Bertz CT molecular complexity index is 707. The van der Waals surface area contributed by atoms with E-state index in [0.29, 0.717) is 25.3 Å². The highest BCUT2D eigenvalue weighted by atomic mass is 32.2. The van der Waals surface area contributed by atoms with Crippen molar-refractivity contribution in [2.24, 2.45) is 11.7 Å². The summed E-state index contributed by atoms with van der Waals surface area (Å²) in [7, 11) is -3.63. The molecule has 1 saturated heterocycles. The average molecular weight is 338 g/mol. The number of rotatable bonds is 6. The van der Waals surface area contributed by atoms with Gasteiger partial charge in [-0.25, -0.2) is 8.42 Å². The van der Waals surface area contributed by atoms with Crippen LogP contribution in [0.4, 0.5) is 0 Å². The first-order valence-corrected chi connectivity index (χ1v) is 9.33. The van der Waals surface area contributed by atoms with Crippen molar-refractivity contribution in [3.05, 3.63) is 29.3 Å². The minimum Gasteiger partial charge on any atom is -0.381 e. The Hall–Kier alpha value is -1.44. The van der Waals surface area contributed by atoms with Crippen LogP contribution in [-0.4, -0.2) is 44.4 Å². The maximum absolute atomic E-state index is 13.0. The van der Waals surface area contributed by atoms with Crippen LogP contribution >= 0.6 is 0 Å². The first kappa shape index (κ1) is 16.4. The van der Waals surface area contributed by atoms with Crippen molar-refractivity contribution < 1.29 is 17.9 Å². The van der Waals surface area contributed by atoms with E-state index in [4.69, 9.17) is 10.5 Å². The van der Waals surface area contributed by atoms with Gasteiger partial charge in [-0.05, 0) is 49.8 Å². The number of primary amides is 1. The van der Waals surface area contributed by atoms with Crippen LogP contribution in [0.1, 0.15) is 35.2 Å². The van der Waals surface area contributed by atoms with Crippen LogP contribution in [0.5, 0.6) is 0 Å². The van der Waals surface area contributed by atoms with Gasteiger partial charge >= 0.3 is 0 Å². The first-order chi connectivity index (χ1) is 10.9. The van der Waals surface area contributed by atoms with Gasteiger partial charge in [0.05, 0.1) is 11.5 Å². The predicted molar refractivity (Wildman–Crippen MR) is 85.5 cm³/mol. The molecule has 1 aliphatic carbocycles. The molecule has 126 valence electrons. The van der Waals surface area contributed by atoms with E-state index in [1.807, 2.05) is 0 Å². The molecular weight excluding hydrogens is 316 g/mol. The lowest BCUT2D eigenvalue weighted by molar-refractivity contribution is 0.0999. The van der Waals surface area contributed by atoms with Gasteiger partial charge in [0, 0.05) is 24.8 Å². The molecule has 0 bridgehead atoms. The van der Waals surface area contributed by atoms with Crippen molar-refractivity contribution in [1.82, 2.24) is 4.31 Å². The van der Waals surface area contributed by atoms with Crippen molar-refractivity contribution >= 4 is 15.9 Å². The van der Waals surface area contributed by atoms with Gasteiger partial charge in [-0.3, -0.25) is 4.79 Å². The number of hydrogen-bond acceptors (Lipinski definition) is 4. The zero-order valence-electron chi connectivity index (χ0n) is 13.2. The Morgan fingerprint density at radius 3 is 2.65 bits per heavy atom. The van der Waals surface area contributed by atoms with Crippen molar-refractivity contribution in [2.75, 3.05) is 19.8 Å². The molecule has 1 saturated carbocycles. The highest BCUT2D eigenvalue weighted by Gasteiger charge is 2.40. The van der Waals surface area contributed by atoms with Crippen molar-refractivity contribution in [1.29, 1.82) is 0 Å². The number of ether oxygens (including phenoxy) is 1. The molecule has 7 heteroatoms. The largest absolute Gasteiger partial charge is 0.381 e. The minimum absolute atomic E-state index is 0.0685. The van der Waals surface area contributed by atoms with Gasteiger partial charge in [-0.1, -0.05) is 6.07 Å². The van der Waals surface area contributed by atoms with Gasteiger partial charge in [-0.2, -0.15) is 4.31 Å². The van der Waals surface area contributed by atoms with Gasteiger partial charge in [0.2, 0.25) is 15.9 Å². The predicted octanol–water partition coefficient (Wildman–Crippen LogP) is 1.28. The molecule has 1 aromatic carbocycles. The molecule has 23 heavy (non-hydrogen) atoms. The van der Waals surface area contributed by atoms with Crippen LogP contribution in [0.25, 0.3) is 0 Å². The Balaban J connectivity index is 1.91. The summed E-state index contributed by atoms with van der Waals surface area (Å²) in [5, 5.41) is 0. The van der Waals surface area contributed by atoms with E-state index in [2.05, 4.69) is 0 Å². The number of aryl methyl sites for hydroxylation is 1. The zero-order valence-corrected chi connectivity index (χ0v) is 14.0. The molecule has 0 radical (unpaired) electrons. The van der Waals surface area contributed by atoms with Gasteiger partial charge < -0.3 is 10.5 Å². The monoisotopic (exact) mass is 338 g/mol. The molecule has 1 heterocycles. The lowest BCUT2D eigenvalue weighted by Crippen LogP contribution is -2.37. The van der Waals surface area contributed by atoms with E-state index in [1.165, 1.54) is 6.07 Å². The van der Waals surface area contributed by atoms with E-state index in [9.17, 15) is 13.2 Å². The number of sulfonamides is 1. The molecule has 2 aliphatic rings. The highest BCUT2D eigenvalue weighted by Crippen LogP contribution is 2.34. The summed E-state index contributed by atoms with van der Waals surface area (Å²) in [6, 6.07) is 4.65. The topological polar surface area (TPSA) is 89.7 Å². The quantitative estimate of drug-likeness (QED) is 0.846. The van der Waals surface area contributed by atoms with Crippen LogP contribution in [0.2, 0.25) is 0 Å². The van der Waals surface area contributed by atoms with Crippen LogP contribution in [0.3, 0.4) is 0 Å². The molecule has 0 unspecified atom stereocenters. The molecule has 1 aliphatic heterocycles. The van der Waals surface area contributed by atoms with E-state index in [1.54, 1.807) is 23.4 Å². The van der Waals surface area contributed by atoms with E-state index in [0.717, 1.165) is 19.3 Å². The number of carbonyl (C=O) groups is 1. The molecule has 6 nitrogen and oxygen atoms in total. The smallest absolute Gasteiger partial charge is 0.249 e. The minimum atomic E-state index is -3.63. The Morgan fingerprint density at radius 2 is 2.09 bits per heavy atom. The fraction of sp³-hybridized carbons (Fsp3) is 0.562. The Morgan fingerprint density at radius 1 is 1.35 bits per heavy atom. The fourth-order valence-electron chi connectivity index (χ4n) is 2.95. The van der Waals surface area contributed by atoms with Gasteiger partial charge in [0.1, 0.15) is 0 Å². The second kappa shape index (κ2) is 6.22. The van der Waals surface area contributed by atoms with E-state index >= 15 is 0 Å². The molecule has 1 aromatic rings. The number of benzene rings is 1. The number of carbonyl (C=O) groups excluding carboxylic acids is 1. The maximum Gasteiger partial charge on any atom is 0.249 e. The summed E-state index contributed by atoms with van der Waals surface area (Å²) in [4.78, 5) is 11.6. The van der Waals surface area contributed by atoms with Crippen molar-refractivity contribution in [3.63, 3.8) is 0 Å². The molecule has 1 amide bonds. The number of hydrogen-bond donors (Lipinski definition) is 1. The summed E-state index contributed by atoms with van der Waals surface area (Å²) < 4.78 is 33.0. The van der Waals surface area contributed by atoms with E-state index in [-0.39, 0.29) is 22.4 Å². The highest BCUT2D eigenvalue weighted by molar-refractivity contribution is 7.89. The summed E-state index contributed by atoms with van der Waals surface area (Å²) in [6.07, 6.45) is 2.67. The lowest BCUT2D eigenvalue weighted by Gasteiger charge is -2.24. The van der Waals surface area contributed by atoms with Gasteiger partial charge in [0.25, 0.3) is 0 Å². The third-order valence-corrected chi connectivity index (χ3v) is 6.41. The van der Waals surface area contributed by atoms with Gasteiger partial charge in [-0.15, -0.1) is 0 Å². The van der Waals surface area contributed by atoms with Crippen LogP contribution in [-0.2, 0) is 14.8 Å². The number of amides is 1. The van der Waals surface area contributed by atoms with E-state index < -0.39 is 15.9 Å². The molecule has 3 rings (SSSR count). The average Bonchev–Trinajstić information content (AvgIpc) is 3.20. The molecular formula is C16H22N2O4S. The summed E-state index contributed by atoms with van der Waals surface area (Å²) in [5.41, 5.74) is 6.28. The molecule has 0 aromatic heterocycles. The molecule has 0 spiro atoms. The van der Waals surface area contributed by atoms with Crippen molar-refractivity contribution in [2.45, 2.75) is 37.1 Å². The number of nitrogens with two attached hydrogens (primary N) is 1. The summed E-state index contributed by atoms with van der Waals surface area (Å²) in [6.45, 7) is 3.52. The third-order valence-electron chi connectivity index (χ3n) is 4.50. The Labute approximate surface area is 136 Å². The standard InChI is InChI=1S/C16H22N2O4S/c1-11-2-5-14(8-15(11)16(17)19)23(20,21)18(13-3-4-13)9-12-6-7-22-10-12/h2,5,8,12-13H,3-4,6-7,9-10H2,1H3,(H2,17,19)/t12-/m1/s1. The summed E-state index contributed by atoms with van der Waals surface area (Å²) in [5.74, 6) is -0.367.